The summed E-state index contributed by atoms with van der Waals surface area (Å²) in [7, 11) is 1.17. The number of halogens is 3. The number of carbonyl (C=O) groups excluding carboxylic acids is 2. The molecule has 0 bridgehead atoms. The van der Waals surface area contributed by atoms with Crippen molar-refractivity contribution in [1.82, 2.24) is 5.32 Å². The molecule has 0 aliphatic carbocycles. The van der Waals surface area contributed by atoms with E-state index in [1.165, 1.54) is 25.3 Å². The first kappa shape index (κ1) is 15.4. The van der Waals surface area contributed by atoms with Gasteiger partial charge in [0.1, 0.15) is 12.3 Å². The van der Waals surface area contributed by atoms with E-state index in [-0.39, 0.29) is 17.9 Å². The minimum Gasteiger partial charge on any atom is -0.468 e. The maximum absolute atomic E-state index is 12.2. The van der Waals surface area contributed by atoms with E-state index in [1.807, 2.05) is 0 Å². The van der Waals surface area contributed by atoms with Crippen molar-refractivity contribution in [3.63, 3.8) is 0 Å². The van der Waals surface area contributed by atoms with Crippen LogP contribution < -0.4 is 10.1 Å². The number of carbonyl (C=O) groups is 2. The highest BCUT2D eigenvalue weighted by Crippen LogP contribution is 2.24. The molecule has 0 unspecified atom stereocenters. The van der Waals surface area contributed by atoms with Crippen LogP contribution in [0.25, 0.3) is 0 Å². The molecular weight excluding hydrogens is 328 g/mol. The number of esters is 1. The minimum absolute atomic E-state index is 0.112. The van der Waals surface area contributed by atoms with E-state index in [0.29, 0.717) is 4.47 Å². The summed E-state index contributed by atoms with van der Waals surface area (Å²) < 4.78 is 33.5. The van der Waals surface area contributed by atoms with Crippen LogP contribution in [0.4, 0.5) is 8.78 Å². The quantitative estimate of drug-likeness (QED) is 0.834. The summed E-state index contributed by atoms with van der Waals surface area (Å²) in [6, 6.07) is 3.99. The van der Waals surface area contributed by atoms with Crippen molar-refractivity contribution >= 4 is 27.8 Å². The van der Waals surface area contributed by atoms with Gasteiger partial charge in [-0.2, -0.15) is 8.78 Å². The average Bonchev–Trinajstić information content (AvgIpc) is 2.37. The molecule has 19 heavy (non-hydrogen) atoms. The number of alkyl halides is 2. The first-order valence-corrected chi connectivity index (χ1v) is 5.82. The van der Waals surface area contributed by atoms with Crippen LogP contribution in [0, 0.1) is 0 Å². The third-order valence-corrected chi connectivity index (χ3v) is 2.52. The molecule has 0 aromatic heterocycles. The molecule has 0 radical (unpaired) electrons. The maximum Gasteiger partial charge on any atom is 0.387 e. The molecular formula is C11H10BrF2NO4. The van der Waals surface area contributed by atoms with Crippen molar-refractivity contribution in [2.24, 2.45) is 0 Å². The van der Waals surface area contributed by atoms with Gasteiger partial charge in [0.15, 0.2) is 0 Å². The Hall–Kier alpha value is -1.70. The number of amides is 1. The third kappa shape index (κ3) is 4.82. The van der Waals surface area contributed by atoms with Crippen molar-refractivity contribution in [2.45, 2.75) is 6.61 Å². The summed E-state index contributed by atoms with van der Waals surface area (Å²) in [6.07, 6.45) is 0. The third-order valence-electron chi connectivity index (χ3n) is 2.02. The second kappa shape index (κ2) is 7.03. The molecule has 0 aliphatic heterocycles. The number of rotatable bonds is 5. The number of methoxy groups -OCH3 is 1. The van der Waals surface area contributed by atoms with Crippen LogP contribution in [0.2, 0.25) is 0 Å². The van der Waals surface area contributed by atoms with Crippen LogP contribution in [0.5, 0.6) is 5.75 Å². The van der Waals surface area contributed by atoms with Gasteiger partial charge in [0.2, 0.25) is 0 Å². The normalized spacial score (nSPS) is 10.2. The fourth-order valence-electron chi connectivity index (χ4n) is 1.20. The molecule has 1 rings (SSSR count). The van der Waals surface area contributed by atoms with Crippen molar-refractivity contribution in [3.05, 3.63) is 28.2 Å². The summed E-state index contributed by atoms with van der Waals surface area (Å²) in [5.74, 6) is -1.65. The summed E-state index contributed by atoms with van der Waals surface area (Å²) in [4.78, 5) is 22.6. The zero-order valence-electron chi connectivity index (χ0n) is 9.78. The Morgan fingerprint density at radius 3 is 2.68 bits per heavy atom. The lowest BCUT2D eigenvalue weighted by Gasteiger charge is -2.11. The van der Waals surface area contributed by atoms with E-state index >= 15 is 0 Å². The van der Waals surface area contributed by atoms with E-state index < -0.39 is 18.5 Å². The second-order valence-electron chi connectivity index (χ2n) is 3.28. The molecule has 1 aromatic rings. The molecule has 0 saturated heterocycles. The van der Waals surface area contributed by atoms with Crippen LogP contribution in [0.3, 0.4) is 0 Å². The second-order valence-corrected chi connectivity index (χ2v) is 4.19. The Kier molecular flexibility index (Phi) is 5.68. The molecule has 1 aromatic carbocycles. The number of hydrogen-bond acceptors (Lipinski definition) is 4. The van der Waals surface area contributed by atoms with Gasteiger partial charge in [-0.1, -0.05) is 15.9 Å². The Balaban J connectivity index is 2.87. The minimum atomic E-state index is -3.05. The van der Waals surface area contributed by atoms with Crippen molar-refractivity contribution in [1.29, 1.82) is 0 Å². The fraction of sp³-hybridized carbons (Fsp3) is 0.273. The van der Waals surface area contributed by atoms with Gasteiger partial charge in [0, 0.05) is 4.47 Å². The van der Waals surface area contributed by atoms with Gasteiger partial charge in [-0.05, 0) is 18.2 Å². The van der Waals surface area contributed by atoms with Gasteiger partial charge in [0.05, 0.1) is 12.7 Å². The van der Waals surface area contributed by atoms with Gasteiger partial charge in [-0.15, -0.1) is 0 Å². The Morgan fingerprint density at radius 1 is 1.42 bits per heavy atom. The smallest absolute Gasteiger partial charge is 0.387 e. The monoisotopic (exact) mass is 337 g/mol. The summed E-state index contributed by atoms with van der Waals surface area (Å²) >= 11 is 3.11. The van der Waals surface area contributed by atoms with Gasteiger partial charge in [-0.25, -0.2) is 0 Å². The molecule has 1 amide bonds. The van der Waals surface area contributed by atoms with Gasteiger partial charge in [-0.3, -0.25) is 9.59 Å². The molecule has 1 N–H and O–H groups in total. The fourth-order valence-corrected chi connectivity index (χ4v) is 1.56. The Labute approximate surface area is 116 Å². The first-order chi connectivity index (χ1) is 8.93. The highest BCUT2D eigenvalue weighted by Gasteiger charge is 2.17. The molecule has 0 atom stereocenters. The topological polar surface area (TPSA) is 64.6 Å². The highest BCUT2D eigenvalue weighted by molar-refractivity contribution is 9.10. The van der Waals surface area contributed by atoms with Crippen molar-refractivity contribution < 1.29 is 27.8 Å². The highest BCUT2D eigenvalue weighted by atomic mass is 79.9. The number of benzene rings is 1. The number of nitrogens with one attached hydrogen (secondary N) is 1. The van der Waals surface area contributed by atoms with Crippen LogP contribution >= 0.6 is 15.9 Å². The zero-order valence-corrected chi connectivity index (χ0v) is 11.4. The van der Waals surface area contributed by atoms with E-state index in [2.05, 4.69) is 30.7 Å². The molecule has 0 fully saturated rings. The van der Waals surface area contributed by atoms with Crippen LogP contribution in [0.1, 0.15) is 10.4 Å². The average molecular weight is 338 g/mol. The summed E-state index contributed by atoms with van der Waals surface area (Å²) in [6.45, 7) is -3.41. The standard InChI is InChI=1S/C11H10BrF2NO4/c1-18-9(16)5-15-10(17)7-4-6(12)2-3-8(7)19-11(13)14/h2-4,11H,5H2,1H3,(H,15,17). The van der Waals surface area contributed by atoms with E-state index in [0.717, 1.165) is 0 Å². The largest absolute Gasteiger partial charge is 0.468 e. The van der Waals surface area contributed by atoms with Crippen LogP contribution in [0.15, 0.2) is 22.7 Å². The van der Waals surface area contributed by atoms with Crippen LogP contribution in [-0.4, -0.2) is 32.1 Å². The molecule has 0 spiro atoms. The molecule has 5 nitrogen and oxygen atoms in total. The number of hydrogen-bond donors (Lipinski definition) is 1. The van der Waals surface area contributed by atoms with E-state index in [4.69, 9.17) is 0 Å². The lowest BCUT2D eigenvalue weighted by Crippen LogP contribution is -2.30. The molecule has 104 valence electrons. The SMILES string of the molecule is COC(=O)CNC(=O)c1cc(Br)ccc1OC(F)F. The Morgan fingerprint density at radius 2 is 2.11 bits per heavy atom. The predicted molar refractivity (Wildman–Crippen MR) is 65.1 cm³/mol. The lowest BCUT2D eigenvalue weighted by molar-refractivity contribution is -0.139. The summed E-state index contributed by atoms with van der Waals surface area (Å²) in [5.41, 5.74) is -0.112. The zero-order chi connectivity index (χ0) is 14.4. The first-order valence-electron chi connectivity index (χ1n) is 5.03. The van der Waals surface area contributed by atoms with Crippen molar-refractivity contribution in [2.75, 3.05) is 13.7 Å². The van der Waals surface area contributed by atoms with Crippen LogP contribution in [-0.2, 0) is 9.53 Å². The molecule has 8 heteroatoms. The van der Waals surface area contributed by atoms with Gasteiger partial charge < -0.3 is 14.8 Å². The maximum atomic E-state index is 12.2. The van der Waals surface area contributed by atoms with Crippen molar-refractivity contribution in [3.8, 4) is 5.75 Å². The van der Waals surface area contributed by atoms with Gasteiger partial charge in [0.25, 0.3) is 5.91 Å². The lowest BCUT2D eigenvalue weighted by atomic mass is 10.2. The Bertz CT molecular complexity index is 482. The molecule has 0 saturated carbocycles. The number of ether oxygens (including phenoxy) is 2. The van der Waals surface area contributed by atoms with Gasteiger partial charge >= 0.3 is 12.6 Å². The summed E-state index contributed by atoms with van der Waals surface area (Å²) in [5, 5.41) is 2.23. The molecule has 0 aliphatic rings. The van der Waals surface area contributed by atoms with E-state index in [9.17, 15) is 18.4 Å². The molecule has 0 heterocycles. The van der Waals surface area contributed by atoms with E-state index in [1.54, 1.807) is 0 Å². The predicted octanol–water partition coefficient (Wildman–Crippen LogP) is 1.95.